The number of rotatable bonds is 5. The molecule has 34 heavy (non-hydrogen) atoms. The number of anilines is 1. The maximum Gasteiger partial charge on any atom is 0.205 e. The lowest BCUT2D eigenvalue weighted by Crippen LogP contribution is -2.02. The molecule has 0 fully saturated rings. The number of halogens is 1. The van der Waals surface area contributed by atoms with E-state index >= 15 is 0 Å². The van der Waals surface area contributed by atoms with Gasteiger partial charge in [-0.3, -0.25) is 4.79 Å². The molecule has 0 radical (unpaired) electrons. The van der Waals surface area contributed by atoms with E-state index in [9.17, 15) is 4.79 Å². The Morgan fingerprint density at radius 3 is 2.24 bits per heavy atom. The summed E-state index contributed by atoms with van der Waals surface area (Å²) in [5.74, 6) is 0.637. The van der Waals surface area contributed by atoms with Crippen LogP contribution in [0.1, 0.15) is 20.8 Å². The number of ether oxygens (including phenoxy) is 1. The fraction of sp³-hybridized carbons (Fsp3) is 0.0714. The molecule has 168 valence electrons. The summed E-state index contributed by atoms with van der Waals surface area (Å²) in [6.07, 6.45) is 0. The van der Waals surface area contributed by atoms with Crippen LogP contribution in [0, 0.1) is 6.92 Å². The zero-order chi connectivity index (χ0) is 23.8. The topological polar surface area (TPSA) is 65.2 Å². The van der Waals surface area contributed by atoms with Crippen LogP contribution < -0.4 is 10.5 Å². The van der Waals surface area contributed by atoms with Gasteiger partial charge in [0.2, 0.25) is 5.78 Å². The lowest BCUT2D eigenvalue weighted by atomic mass is 9.98. The van der Waals surface area contributed by atoms with Crippen LogP contribution in [0.5, 0.6) is 5.75 Å². The van der Waals surface area contributed by atoms with Crippen molar-refractivity contribution < 1.29 is 9.53 Å². The van der Waals surface area contributed by atoms with Crippen molar-refractivity contribution >= 4 is 44.6 Å². The Bertz CT molecular complexity index is 1510. The SMILES string of the molecule is COc1ccc(-c2cc(-c3ccc(C)cc3)c3c(N)c(C(=O)c4ccc(Cl)cc4)sc3n2)cc1. The van der Waals surface area contributed by atoms with E-state index < -0.39 is 0 Å². The van der Waals surface area contributed by atoms with Crippen LogP contribution in [0.4, 0.5) is 5.69 Å². The van der Waals surface area contributed by atoms with Crippen molar-refractivity contribution in [3.8, 4) is 28.1 Å². The Balaban J connectivity index is 1.72. The molecule has 2 aromatic heterocycles. The van der Waals surface area contributed by atoms with Crippen molar-refractivity contribution in [1.29, 1.82) is 0 Å². The Morgan fingerprint density at radius 1 is 0.941 bits per heavy atom. The van der Waals surface area contributed by atoms with Crippen molar-refractivity contribution in [3.05, 3.63) is 99.9 Å². The van der Waals surface area contributed by atoms with Crippen LogP contribution in [-0.4, -0.2) is 17.9 Å². The minimum atomic E-state index is -0.141. The van der Waals surface area contributed by atoms with Gasteiger partial charge in [-0.05, 0) is 72.6 Å². The number of pyridine rings is 1. The van der Waals surface area contributed by atoms with Gasteiger partial charge in [0.25, 0.3) is 0 Å². The number of aryl methyl sites for hydroxylation is 1. The summed E-state index contributed by atoms with van der Waals surface area (Å²) in [7, 11) is 1.64. The summed E-state index contributed by atoms with van der Waals surface area (Å²) in [6, 6.07) is 24.9. The van der Waals surface area contributed by atoms with Gasteiger partial charge in [-0.15, -0.1) is 11.3 Å². The predicted molar refractivity (Wildman–Crippen MR) is 141 cm³/mol. The monoisotopic (exact) mass is 484 g/mol. The minimum Gasteiger partial charge on any atom is -0.497 e. The number of hydrogen-bond acceptors (Lipinski definition) is 5. The third-order valence-corrected chi connectivity index (χ3v) is 7.11. The first-order chi connectivity index (χ1) is 16.4. The highest BCUT2D eigenvalue weighted by Crippen LogP contribution is 2.42. The van der Waals surface area contributed by atoms with E-state index in [1.807, 2.05) is 30.3 Å². The first-order valence-corrected chi connectivity index (χ1v) is 11.9. The summed E-state index contributed by atoms with van der Waals surface area (Å²) in [4.78, 5) is 19.4. The zero-order valence-corrected chi connectivity index (χ0v) is 20.2. The summed E-state index contributed by atoms with van der Waals surface area (Å²) in [6.45, 7) is 2.05. The lowest BCUT2D eigenvalue weighted by molar-refractivity contribution is 0.104. The molecule has 3 aromatic carbocycles. The van der Waals surface area contributed by atoms with Crippen LogP contribution in [0.2, 0.25) is 5.02 Å². The third kappa shape index (κ3) is 4.04. The van der Waals surface area contributed by atoms with E-state index in [1.165, 1.54) is 16.9 Å². The number of methoxy groups -OCH3 is 1. The molecule has 0 saturated carbocycles. The van der Waals surface area contributed by atoms with Crippen LogP contribution in [-0.2, 0) is 0 Å². The van der Waals surface area contributed by atoms with Crippen LogP contribution >= 0.6 is 22.9 Å². The number of carbonyl (C=O) groups excluding carboxylic acids is 1. The summed E-state index contributed by atoms with van der Waals surface area (Å²) in [5, 5.41) is 1.37. The number of aromatic nitrogens is 1. The standard InChI is InChI=1S/C28H21ClN2O2S/c1-16-3-5-17(6-4-16)22-15-23(18-9-13-21(33-2)14-10-18)31-28-24(22)25(30)27(34-28)26(32)19-7-11-20(29)12-8-19/h3-15H,30H2,1-2H3. The zero-order valence-electron chi connectivity index (χ0n) is 18.6. The fourth-order valence-corrected chi connectivity index (χ4v) is 5.10. The van der Waals surface area contributed by atoms with Gasteiger partial charge in [0.05, 0.1) is 18.5 Å². The van der Waals surface area contributed by atoms with Crippen molar-refractivity contribution in [2.24, 2.45) is 0 Å². The number of carbonyl (C=O) groups is 1. The maximum absolute atomic E-state index is 13.3. The van der Waals surface area contributed by atoms with Crippen LogP contribution in [0.3, 0.4) is 0 Å². The van der Waals surface area contributed by atoms with Gasteiger partial charge in [-0.1, -0.05) is 41.4 Å². The number of nitrogens with zero attached hydrogens (tertiary/aromatic N) is 1. The van der Waals surface area contributed by atoms with Gasteiger partial charge >= 0.3 is 0 Å². The molecule has 0 unspecified atom stereocenters. The highest BCUT2D eigenvalue weighted by atomic mass is 35.5. The minimum absolute atomic E-state index is 0.141. The number of ketones is 1. The van der Waals surface area contributed by atoms with E-state index in [4.69, 9.17) is 27.1 Å². The summed E-state index contributed by atoms with van der Waals surface area (Å²) < 4.78 is 5.29. The molecule has 0 saturated heterocycles. The van der Waals surface area contributed by atoms with E-state index in [-0.39, 0.29) is 5.78 Å². The average molecular weight is 485 g/mol. The second-order valence-electron chi connectivity index (χ2n) is 8.01. The van der Waals surface area contributed by atoms with Crippen molar-refractivity contribution in [2.45, 2.75) is 6.92 Å². The third-order valence-electron chi connectivity index (χ3n) is 5.76. The van der Waals surface area contributed by atoms with E-state index in [2.05, 4.69) is 31.2 Å². The van der Waals surface area contributed by atoms with Gasteiger partial charge in [0.15, 0.2) is 0 Å². The molecule has 5 aromatic rings. The van der Waals surface area contributed by atoms with Crippen molar-refractivity contribution in [3.63, 3.8) is 0 Å². The van der Waals surface area contributed by atoms with Gasteiger partial charge in [0.1, 0.15) is 15.5 Å². The fourth-order valence-electron chi connectivity index (χ4n) is 3.89. The second-order valence-corrected chi connectivity index (χ2v) is 9.45. The predicted octanol–water partition coefficient (Wildman–Crippen LogP) is 7.41. The van der Waals surface area contributed by atoms with E-state index in [0.29, 0.717) is 21.2 Å². The molecule has 2 heterocycles. The first kappa shape index (κ1) is 22.1. The molecule has 4 nitrogen and oxygen atoms in total. The maximum atomic E-state index is 13.3. The molecule has 6 heteroatoms. The van der Waals surface area contributed by atoms with Crippen molar-refractivity contribution in [2.75, 3.05) is 12.8 Å². The quantitative estimate of drug-likeness (QED) is 0.264. The smallest absolute Gasteiger partial charge is 0.205 e. The van der Waals surface area contributed by atoms with Crippen molar-refractivity contribution in [1.82, 2.24) is 4.98 Å². The first-order valence-electron chi connectivity index (χ1n) is 10.7. The van der Waals surface area contributed by atoms with Gasteiger partial charge in [0, 0.05) is 21.5 Å². The lowest BCUT2D eigenvalue weighted by Gasteiger charge is -2.10. The normalized spacial score (nSPS) is 11.0. The van der Waals surface area contributed by atoms with Crippen LogP contribution in [0.25, 0.3) is 32.6 Å². The van der Waals surface area contributed by atoms with E-state index in [1.54, 1.807) is 31.4 Å². The Morgan fingerprint density at radius 2 is 1.59 bits per heavy atom. The molecule has 0 aliphatic carbocycles. The highest BCUT2D eigenvalue weighted by molar-refractivity contribution is 7.21. The molecule has 0 atom stereocenters. The second kappa shape index (κ2) is 8.93. The molecule has 0 aliphatic rings. The Kier molecular flexibility index (Phi) is 5.82. The molecule has 0 bridgehead atoms. The molecule has 5 rings (SSSR count). The summed E-state index contributed by atoms with van der Waals surface area (Å²) >= 11 is 7.32. The molecule has 0 spiro atoms. The number of benzene rings is 3. The highest BCUT2D eigenvalue weighted by Gasteiger charge is 2.22. The number of hydrogen-bond donors (Lipinski definition) is 1. The number of thiophene rings is 1. The molecule has 2 N–H and O–H groups in total. The van der Waals surface area contributed by atoms with Gasteiger partial charge < -0.3 is 10.5 Å². The Labute approximate surface area is 206 Å². The summed E-state index contributed by atoms with van der Waals surface area (Å²) in [5.41, 5.74) is 12.5. The largest absolute Gasteiger partial charge is 0.497 e. The number of fused-ring (bicyclic) bond motifs is 1. The van der Waals surface area contributed by atoms with Gasteiger partial charge in [-0.25, -0.2) is 4.98 Å². The number of nitrogens with two attached hydrogens (primary N) is 1. The Hall–Kier alpha value is -3.67. The molecule has 0 aliphatic heterocycles. The van der Waals surface area contributed by atoms with Crippen LogP contribution in [0.15, 0.2) is 78.9 Å². The number of nitrogen functional groups attached to an aromatic ring is 1. The molecular weight excluding hydrogens is 464 g/mol. The van der Waals surface area contributed by atoms with E-state index in [0.717, 1.165) is 38.4 Å². The molecule has 0 amide bonds. The van der Waals surface area contributed by atoms with Gasteiger partial charge in [-0.2, -0.15) is 0 Å². The average Bonchev–Trinajstić information content (AvgIpc) is 3.20. The molecular formula is C28H21ClN2O2S.